The highest BCUT2D eigenvalue weighted by atomic mass is 16.7. The van der Waals surface area contributed by atoms with Crippen molar-refractivity contribution in [1.29, 1.82) is 0 Å². The first-order valence-electron chi connectivity index (χ1n) is 8.03. The van der Waals surface area contributed by atoms with Gasteiger partial charge in [-0.1, -0.05) is 71.0 Å². The third-order valence-corrected chi connectivity index (χ3v) is 3.81. The molecule has 0 spiro atoms. The first-order valence-corrected chi connectivity index (χ1v) is 8.03. The molecule has 0 aliphatic rings. The summed E-state index contributed by atoms with van der Waals surface area (Å²) in [5.74, 6) is -0.160. The van der Waals surface area contributed by atoms with Crippen LogP contribution in [0.5, 0.6) is 0 Å². The summed E-state index contributed by atoms with van der Waals surface area (Å²) in [5, 5.41) is 12.4. The molecule has 4 rings (SSSR count). The van der Waals surface area contributed by atoms with Crippen molar-refractivity contribution in [1.82, 2.24) is 15.0 Å². The molecule has 0 radical (unpaired) electrons. The minimum absolute atomic E-state index is 0.378. The van der Waals surface area contributed by atoms with E-state index in [0.717, 1.165) is 16.6 Å². The highest BCUT2D eigenvalue weighted by molar-refractivity contribution is 6.04. The van der Waals surface area contributed by atoms with E-state index in [4.69, 9.17) is 4.84 Å². The van der Waals surface area contributed by atoms with Crippen LogP contribution in [0.15, 0.2) is 90.1 Å². The zero-order valence-corrected chi connectivity index (χ0v) is 13.7. The molecule has 0 amide bonds. The van der Waals surface area contributed by atoms with Gasteiger partial charge < -0.3 is 4.84 Å². The Bertz CT molecular complexity index is 1070. The Morgan fingerprint density at radius 3 is 2.15 bits per heavy atom. The van der Waals surface area contributed by atoms with Crippen molar-refractivity contribution in [2.75, 3.05) is 0 Å². The lowest BCUT2D eigenvalue weighted by molar-refractivity contribution is 0.0515. The topological polar surface area (TPSA) is 69.4 Å². The first-order chi connectivity index (χ1) is 12.8. The van der Waals surface area contributed by atoms with E-state index in [1.165, 1.54) is 0 Å². The number of oxime groups is 1. The fourth-order valence-corrected chi connectivity index (χ4v) is 2.54. The molecule has 0 N–H and O–H groups in total. The molecule has 0 aliphatic heterocycles. The highest BCUT2D eigenvalue weighted by Gasteiger charge is 2.14. The number of para-hydroxylation sites is 1. The third kappa shape index (κ3) is 3.08. The molecule has 4 aromatic rings. The van der Waals surface area contributed by atoms with E-state index in [9.17, 15) is 4.79 Å². The van der Waals surface area contributed by atoms with Gasteiger partial charge in [-0.2, -0.15) is 4.68 Å². The molecule has 0 fully saturated rings. The maximum atomic E-state index is 12.2. The molecule has 0 aliphatic carbocycles. The quantitative estimate of drug-likeness (QED) is 0.247. The second kappa shape index (κ2) is 6.98. The van der Waals surface area contributed by atoms with Gasteiger partial charge >= 0.3 is 5.97 Å². The third-order valence-electron chi connectivity index (χ3n) is 3.81. The summed E-state index contributed by atoms with van der Waals surface area (Å²) < 4.78 is 1.56. The zero-order chi connectivity index (χ0) is 17.8. The molecule has 0 saturated carbocycles. The molecular formula is C20H14N4O2. The lowest BCUT2D eigenvalue weighted by Crippen LogP contribution is -2.17. The second-order valence-electron chi connectivity index (χ2n) is 5.52. The van der Waals surface area contributed by atoms with Gasteiger partial charge in [-0.25, -0.2) is 4.79 Å². The van der Waals surface area contributed by atoms with Gasteiger partial charge in [0, 0.05) is 5.56 Å². The summed E-state index contributed by atoms with van der Waals surface area (Å²) in [6.45, 7) is 0. The van der Waals surface area contributed by atoms with Crippen molar-refractivity contribution in [3.8, 4) is 0 Å². The predicted octanol–water partition coefficient (Wildman–Crippen LogP) is 3.50. The van der Waals surface area contributed by atoms with Crippen LogP contribution < -0.4 is 0 Å². The summed E-state index contributed by atoms with van der Waals surface area (Å²) in [4.78, 5) is 17.4. The Labute approximate surface area is 149 Å². The number of rotatable bonds is 3. The number of nitrogens with zero attached hydrogens (tertiary/aromatic N) is 4. The van der Waals surface area contributed by atoms with Gasteiger partial charge in [0.1, 0.15) is 5.52 Å². The summed E-state index contributed by atoms with van der Waals surface area (Å²) in [6, 6.07) is 25.6. The molecule has 0 saturated heterocycles. The van der Waals surface area contributed by atoms with Crippen molar-refractivity contribution in [2.24, 2.45) is 5.16 Å². The van der Waals surface area contributed by atoms with Gasteiger partial charge in [0.05, 0.1) is 11.1 Å². The number of aromatic nitrogens is 3. The van der Waals surface area contributed by atoms with Gasteiger partial charge in [-0.3, -0.25) is 0 Å². The predicted molar refractivity (Wildman–Crippen MR) is 97.8 cm³/mol. The lowest BCUT2D eigenvalue weighted by Gasteiger charge is -2.07. The van der Waals surface area contributed by atoms with Crippen LogP contribution in [-0.2, 0) is 4.84 Å². The molecule has 126 valence electrons. The van der Waals surface area contributed by atoms with Gasteiger partial charge in [0.25, 0.3) is 0 Å². The SMILES string of the molecule is O=C(O/N=C(/c1ccccc1)n1nnc2ccccc21)c1ccccc1. The van der Waals surface area contributed by atoms with E-state index in [2.05, 4.69) is 15.5 Å². The molecule has 6 heteroatoms. The molecule has 1 heterocycles. The standard InChI is InChI=1S/C20H14N4O2/c25-20(16-11-5-2-6-12-16)26-22-19(15-9-3-1-4-10-15)24-18-14-8-7-13-17(18)21-23-24/h1-14H/b22-19-. The lowest BCUT2D eigenvalue weighted by atomic mass is 10.2. The molecule has 3 aromatic carbocycles. The number of hydrogen-bond acceptors (Lipinski definition) is 5. The molecule has 6 nitrogen and oxygen atoms in total. The van der Waals surface area contributed by atoms with Crippen molar-refractivity contribution in [2.45, 2.75) is 0 Å². The summed E-state index contributed by atoms with van der Waals surface area (Å²) in [7, 11) is 0. The van der Waals surface area contributed by atoms with Crippen molar-refractivity contribution in [3.05, 3.63) is 96.1 Å². The van der Waals surface area contributed by atoms with E-state index >= 15 is 0 Å². The van der Waals surface area contributed by atoms with Crippen LogP contribution in [0, 0.1) is 0 Å². The molecule has 0 unspecified atom stereocenters. The minimum atomic E-state index is -0.538. The van der Waals surface area contributed by atoms with Crippen LogP contribution in [-0.4, -0.2) is 26.8 Å². The van der Waals surface area contributed by atoms with Crippen molar-refractivity contribution >= 4 is 22.8 Å². The monoisotopic (exact) mass is 342 g/mol. The first kappa shape index (κ1) is 15.7. The Hall–Kier alpha value is -3.80. The molecule has 0 bridgehead atoms. The fraction of sp³-hybridized carbons (Fsp3) is 0. The number of carbonyl (C=O) groups is 1. The van der Waals surface area contributed by atoms with Crippen molar-refractivity contribution < 1.29 is 9.63 Å². The van der Waals surface area contributed by atoms with Crippen LogP contribution in [0.1, 0.15) is 15.9 Å². The largest absolute Gasteiger partial charge is 0.365 e. The smallest absolute Gasteiger partial charge is 0.311 e. The summed E-state index contributed by atoms with van der Waals surface area (Å²) in [5.41, 5.74) is 2.67. The van der Waals surface area contributed by atoms with E-state index in [0.29, 0.717) is 11.4 Å². The fourth-order valence-electron chi connectivity index (χ4n) is 2.54. The molecular weight excluding hydrogens is 328 g/mol. The number of fused-ring (bicyclic) bond motifs is 1. The Balaban J connectivity index is 1.76. The van der Waals surface area contributed by atoms with Crippen LogP contribution >= 0.6 is 0 Å². The number of benzene rings is 3. The van der Waals surface area contributed by atoms with E-state index in [-0.39, 0.29) is 0 Å². The van der Waals surface area contributed by atoms with Crippen LogP contribution in [0.4, 0.5) is 0 Å². The zero-order valence-electron chi connectivity index (χ0n) is 13.7. The number of carbonyl (C=O) groups excluding carboxylic acids is 1. The average Bonchev–Trinajstić information content (AvgIpc) is 3.14. The van der Waals surface area contributed by atoms with Gasteiger partial charge in [-0.05, 0) is 24.3 Å². The van der Waals surface area contributed by atoms with E-state index in [1.54, 1.807) is 28.9 Å². The Morgan fingerprint density at radius 1 is 0.808 bits per heavy atom. The summed E-state index contributed by atoms with van der Waals surface area (Å²) in [6.07, 6.45) is 0. The average molecular weight is 342 g/mol. The van der Waals surface area contributed by atoms with Crippen LogP contribution in [0.3, 0.4) is 0 Å². The van der Waals surface area contributed by atoms with Gasteiger partial charge in [0.15, 0.2) is 0 Å². The number of hydrogen-bond donors (Lipinski definition) is 0. The second-order valence-corrected chi connectivity index (χ2v) is 5.52. The van der Waals surface area contributed by atoms with Crippen LogP contribution in [0.25, 0.3) is 11.0 Å². The minimum Gasteiger partial charge on any atom is -0.311 e. The molecule has 26 heavy (non-hydrogen) atoms. The maximum absolute atomic E-state index is 12.2. The van der Waals surface area contributed by atoms with Crippen LogP contribution in [0.2, 0.25) is 0 Å². The van der Waals surface area contributed by atoms with Crippen molar-refractivity contribution in [3.63, 3.8) is 0 Å². The maximum Gasteiger partial charge on any atom is 0.365 e. The normalized spacial score (nSPS) is 11.5. The Morgan fingerprint density at radius 2 is 1.42 bits per heavy atom. The van der Waals surface area contributed by atoms with Gasteiger partial charge in [0.2, 0.25) is 5.84 Å². The molecule has 1 aromatic heterocycles. The van der Waals surface area contributed by atoms with Gasteiger partial charge in [-0.15, -0.1) is 5.10 Å². The molecule has 0 atom stereocenters. The van der Waals surface area contributed by atoms with E-state index < -0.39 is 5.97 Å². The Kier molecular flexibility index (Phi) is 4.22. The van der Waals surface area contributed by atoms with E-state index in [1.807, 2.05) is 60.7 Å². The highest BCUT2D eigenvalue weighted by Crippen LogP contribution is 2.13. The summed E-state index contributed by atoms with van der Waals surface area (Å²) >= 11 is 0.